The van der Waals surface area contributed by atoms with E-state index >= 15 is 0 Å². The van der Waals surface area contributed by atoms with Crippen molar-refractivity contribution in [2.24, 2.45) is 0 Å². The van der Waals surface area contributed by atoms with E-state index in [0.717, 1.165) is 30.3 Å². The molecule has 11 heteroatoms. The maximum atomic E-state index is 13.0. The number of rotatable bonds is 6. The summed E-state index contributed by atoms with van der Waals surface area (Å²) < 4.78 is 82.6. The average molecular weight is 482 g/mol. The second-order valence-corrected chi connectivity index (χ2v) is 6.94. The van der Waals surface area contributed by atoms with Gasteiger partial charge in [0.2, 0.25) is 0 Å². The Morgan fingerprint density at radius 2 is 1.44 bits per heavy atom. The number of benzene rings is 3. The topological polar surface area (TPSA) is 67.4 Å². The number of hydrogen-bond donors (Lipinski definition) is 2. The van der Waals surface area contributed by atoms with Crippen LogP contribution in [0.25, 0.3) is 0 Å². The van der Waals surface area contributed by atoms with E-state index in [9.17, 15) is 35.9 Å². The molecule has 0 aliphatic heterocycles. The second kappa shape index (κ2) is 9.86. The standard InChI is InChI=1S/C23H16F6N2O3/c24-22(25,26)15-4-3-5-16(12-15)30-21(33)14-8-10-17(11-9-14)34-13-20(32)31-19-7-2-1-6-18(19)23(27,28)29/h1-12H,13H2,(H,30,33)(H,31,32). The monoisotopic (exact) mass is 482 g/mol. The number of alkyl halides is 6. The first-order chi connectivity index (χ1) is 15.9. The Morgan fingerprint density at radius 3 is 2.09 bits per heavy atom. The molecule has 3 aromatic carbocycles. The van der Waals surface area contributed by atoms with Crippen LogP contribution in [0.5, 0.6) is 5.75 Å². The third-order valence-electron chi connectivity index (χ3n) is 4.44. The van der Waals surface area contributed by atoms with Crippen molar-refractivity contribution in [1.82, 2.24) is 0 Å². The molecule has 2 N–H and O–H groups in total. The van der Waals surface area contributed by atoms with Gasteiger partial charge >= 0.3 is 12.4 Å². The number of nitrogens with one attached hydrogen (secondary N) is 2. The largest absolute Gasteiger partial charge is 0.484 e. The Hall–Kier alpha value is -4.02. The summed E-state index contributed by atoms with van der Waals surface area (Å²) in [5, 5.41) is 4.48. The first kappa shape index (κ1) is 24.6. The molecule has 2 amide bonds. The predicted octanol–water partition coefficient (Wildman–Crippen LogP) is 5.99. The lowest BCUT2D eigenvalue weighted by molar-refractivity contribution is -0.138. The first-order valence-corrected chi connectivity index (χ1v) is 9.61. The third-order valence-corrected chi connectivity index (χ3v) is 4.44. The number of ether oxygens (including phenoxy) is 1. The minimum absolute atomic E-state index is 0.0454. The van der Waals surface area contributed by atoms with E-state index in [-0.39, 0.29) is 17.0 Å². The highest BCUT2D eigenvalue weighted by molar-refractivity contribution is 6.04. The second-order valence-electron chi connectivity index (χ2n) is 6.94. The molecule has 5 nitrogen and oxygen atoms in total. The van der Waals surface area contributed by atoms with Crippen molar-refractivity contribution in [3.05, 3.63) is 89.5 Å². The summed E-state index contributed by atoms with van der Waals surface area (Å²) in [4.78, 5) is 24.3. The lowest BCUT2D eigenvalue weighted by Crippen LogP contribution is -2.22. The van der Waals surface area contributed by atoms with Gasteiger partial charge in [-0.25, -0.2) is 0 Å². The van der Waals surface area contributed by atoms with Crippen molar-refractivity contribution in [2.45, 2.75) is 12.4 Å². The van der Waals surface area contributed by atoms with Crippen LogP contribution >= 0.6 is 0 Å². The normalized spacial score (nSPS) is 11.6. The molecule has 0 aromatic heterocycles. The average Bonchev–Trinajstić information content (AvgIpc) is 2.77. The molecule has 0 unspecified atom stereocenters. The van der Waals surface area contributed by atoms with E-state index in [1.165, 1.54) is 42.5 Å². The van der Waals surface area contributed by atoms with Crippen LogP contribution in [0.1, 0.15) is 21.5 Å². The van der Waals surface area contributed by atoms with Crippen LogP contribution in [-0.2, 0) is 17.1 Å². The Balaban J connectivity index is 1.57. The number of halogens is 6. The highest BCUT2D eigenvalue weighted by Crippen LogP contribution is 2.34. The summed E-state index contributed by atoms with van der Waals surface area (Å²) in [6, 6.07) is 13.9. The molecular weight excluding hydrogens is 466 g/mol. The summed E-state index contributed by atoms with van der Waals surface area (Å²) in [7, 11) is 0. The number of hydrogen-bond acceptors (Lipinski definition) is 3. The quantitative estimate of drug-likeness (QED) is 0.424. The fraction of sp³-hybridized carbons (Fsp3) is 0.130. The molecule has 3 rings (SSSR count). The molecular formula is C23H16F6N2O3. The van der Waals surface area contributed by atoms with Crippen molar-refractivity contribution in [3.8, 4) is 5.75 Å². The third kappa shape index (κ3) is 6.50. The number of anilines is 2. The van der Waals surface area contributed by atoms with Gasteiger partial charge in [-0.05, 0) is 54.6 Å². The minimum Gasteiger partial charge on any atom is -0.484 e. The number of carbonyl (C=O) groups excluding carboxylic acids is 2. The van der Waals surface area contributed by atoms with Crippen molar-refractivity contribution in [1.29, 1.82) is 0 Å². The molecule has 0 heterocycles. The van der Waals surface area contributed by atoms with Gasteiger partial charge in [0.25, 0.3) is 11.8 Å². The van der Waals surface area contributed by atoms with Gasteiger partial charge in [-0.2, -0.15) is 26.3 Å². The fourth-order valence-electron chi connectivity index (χ4n) is 2.85. The van der Waals surface area contributed by atoms with Gasteiger partial charge in [0, 0.05) is 11.3 Å². The van der Waals surface area contributed by atoms with Crippen molar-refractivity contribution in [2.75, 3.05) is 17.2 Å². The van der Waals surface area contributed by atoms with Gasteiger partial charge < -0.3 is 15.4 Å². The van der Waals surface area contributed by atoms with Gasteiger partial charge in [0.15, 0.2) is 6.61 Å². The van der Waals surface area contributed by atoms with Gasteiger partial charge in [-0.1, -0.05) is 18.2 Å². The summed E-state index contributed by atoms with van der Waals surface area (Å²) in [5.74, 6) is -1.36. The zero-order valence-corrected chi connectivity index (χ0v) is 17.1. The summed E-state index contributed by atoms with van der Waals surface area (Å²) in [6.45, 7) is -0.595. The van der Waals surface area contributed by atoms with Gasteiger partial charge in [0.05, 0.1) is 16.8 Å². The molecule has 0 saturated heterocycles. The lowest BCUT2D eigenvalue weighted by Gasteiger charge is -2.14. The van der Waals surface area contributed by atoms with E-state index in [1.54, 1.807) is 0 Å². The maximum absolute atomic E-state index is 13.0. The molecule has 0 fully saturated rings. The van der Waals surface area contributed by atoms with E-state index in [0.29, 0.717) is 0 Å². The molecule has 34 heavy (non-hydrogen) atoms. The van der Waals surface area contributed by atoms with Crippen LogP contribution in [0, 0.1) is 0 Å². The zero-order chi connectivity index (χ0) is 24.9. The molecule has 0 aliphatic carbocycles. The maximum Gasteiger partial charge on any atom is 0.418 e. The number of para-hydroxylation sites is 1. The summed E-state index contributed by atoms with van der Waals surface area (Å²) >= 11 is 0. The fourth-order valence-corrected chi connectivity index (χ4v) is 2.85. The predicted molar refractivity (Wildman–Crippen MR) is 111 cm³/mol. The van der Waals surface area contributed by atoms with Crippen molar-refractivity contribution >= 4 is 23.2 Å². The van der Waals surface area contributed by atoms with Crippen LogP contribution in [0.2, 0.25) is 0 Å². The number of carbonyl (C=O) groups is 2. The van der Waals surface area contributed by atoms with E-state index < -0.39 is 47.6 Å². The lowest BCUT2D eigenvalue weighted by atomic mass is 10.1. The zero-order valence-electron chi connectivity index (χ0n) is 17.1. The molecule has 0 radical (unpaired) electrons. The van der Waals surface area contributed by atoms with E-state index in [2.05, 4.69) is 10.6 Å². The Bertz CT molecular complexity index is 1170. The smallest absolute Gasteiger partial charge is 0.418 e. The van der Waals surface area contributed by atoms with Crippen molar-refractivity contribution in [3.63, 3.8) is 0 Å². The molecule has 178 valence electrons. The Morgan fingerprint density at radius 1 is 0.765 bits per heavy atom. The molecule has 3 aromatic rings. The van der Waals surface area contributed by atoms with Crippen LogP contribution in [0.15, 0.2) is 72.8 Å². The number of amides is 2. The SMILES string of the molecule is O=C(COc1ccc(C(=O)Nc2cccc(C(F)(F)F)c2)cc1)Nc1ccccc1C(F)(F)F. The molecule has 0 bridgehead atoms. The van der Waals surface area contributed by atoms with Gasteiger partial charge in [0.1, 0.15) is 5.75 Å². The van der Waals surface area contributed by atoms with Gasteiger partial charge in [-0.3, -0.25) is 9.59 Å². The molecule has 0 aliphatic rings. The van der Waals surface area contributed by atoms with Crippen LogP contribution in [0.3, 0.4) is 0 Å². The van der Waals surface area contributed by atoms with E-state index in [1.807, 2.05) is 0 Å². The van der Waals surface area contributed by atoms with E-state index in [4.69, 9.17) is 4.74 Å². The van der Waals surface area contributed by atoms with Crippen LogP contribution < -0.4 is 15.4 Å². The molecule has 0 spiro atoms. The van der Waals surface area contributed by atoms with Crippen molar-refractivity contribution < 1.29 is 40.7 Å². The Labute approximate surface area is 189 Å². The van der Waals surface area contributed by atoms with Gasteiger partial charge in [-0.15, -0.1) is 0 Å². The highest BCUT2D eigenvalue weighted by Gasteiger charge is 2.33. The summed E-state index contributed by atoms with van der Waals surface area (Å²) in [6.07, 6.45) is -9.20. The molecule has 0 atom stereocenters. The van der Waals surface area contributed by atoms with Crippen LogP contribution in [-0.4, -0.2) is 18.4 Å². The minimum atomic E-state index is -4.64. The first-order valence-electron chi connectivity index (χ1n) is 9.61. The molecule has 0 saturated carbocycles. The highest BCUT2D eigenvalue weighted by atomic mass is 19.4. The summed E-state index contributed by atoms with van der Waals surface area (Å²) in [5.41, 5.74) is -2.26. The Kier molecular flexibility index (Phi) is 7.14. The van der Waals surface area contributed by atoms with Crippen LogP contribution in [0.4, 0.5) is 37.7 Å².